The number of hydrogen-bond acceptors (Lipinski definition) is 6. The number of nitrogens with two attached hydrogens (primary N) is 1. The van der Waals surface area contributed by atoms with E-state index in [0.29, 0.717) is 37.8 Å². The number of rotatable bonds is 10. The summed E-state index contributed by atoms with van der Waals surface area (Å²) in [5, 5.41) is 8.40. The minimum atomic E-state index is -1.15. The van der Waals surface area contributed by atoms with Gasteiger partial charge in [-0.1, -0.05) is 70.4 Å². The Morgan fingerprint density at radius 3 is 2.20 bits per heavy atom. The maximum atomic E-state index is 13.8. The van der Waals surface area contributed by atoms with Gasteiger partial charge < -0.3 is 26.6 Å². The fraction of sp³-hybridized carbons (Fsp3) is 0.600. The van der Waals surface area contributed by atoms with Gasteiger partial charge in [-0.25, -0.2) is 4.79 Å². The van der Waals surface area contributed by atoms with Crippen molar-refractivity contribution in [2.75, 3.05) is 6.54 Å². The fourth-order valence-electron chi connectivity index (χ4n) is 5.72. The van der Waals surface area contributed by atoms with Gasteiger partial charge in [0.15, 0.2) is 5.78 Å². The first kappa shape index (κ1) is 31.8. The number of likely N-dealkylation sites (tertiary alicyclic amines) is 1. The van der Waals surface area contributed by atoms with Gasteiger partial charge in [0.05, 0.1) is 6.04 Å². The van der Waals surface area contributed by atoms with E-state index in [1.807, 2.05) is 39.0 Å². The number of primary amides is 1. The van der Waals surface area contributed by atoms with Crippen LogP contribution in [0.15, 0.2) is 30.3 Å². The van der Waals surface area contributed by atoms with Crippen LogP contribution in [0, 0.1) is 5.41 Å². The molecule has 5 amide bonds. The van der Waals surface area contributed by atoms with Gasteiger partial charge in [0.25, 0.3) is 5.91 Å². The van der Waals surface area contributed by atoms with Gasteiger partial charge in [0.1, 0.15) is 12.1 Å². The van der Waals surface area contributed by atoms with Crippen molar-refractivity contribution in [1.29, 1.82) is 0 Å². The molecule has 1 saturated carbocycles. The summed E-state index contributed by atoms with van der Waals surface area (Å²) in [6, 6.07) is 5.51. The van der Waals surface area contributed by atoms with E-state index in [-0.39, 0.29) is 12.2 Å². The second kappa shape index (κ2) is 13.3. The molecule has 2 aliphatic rings. The third kappa shape index (κ3) is 8.14. The van der Waals surface area contributed by atoms with Crippen molar-refractivity contribution in [3.05, 3.63) is 35.9 Å². The number of hydrogen-bond donors (Lipinski definition) is 4. The van der Waals surface area contributed by atoms with Gasteiger partial charge in [-0.05, 0) is 38.0 Å². The summed E-state index contributed by atoms with van der Waals surface area (Å²) in [6.07, 6.45) is 5.20. The Bertz CT molecular complexity index is 1160. The molecule has 0 radical (unpaired) electrons. The summed E-state index contributed by atoms with van der Waals surface area (Å²) in [5.41, 5.74) is 4.21. The second-order valence-corrected chi connectivity index (χ2v) is 12.4. The van der Waals surface area contributed by atoms with Crippen LogP contribution in [0.4, 0.5) is 4.79 Å². The second-order valence-electron chi connectivity index (χ2n) is 12.4. The Morgan fingerprint density at radius 2 is 1.61 bits per heavy atom. The van der Waals surface area contributed by atoms with Gasteiger partial charge in [0.2, 0.25) is 17.6 Å². The zero-order valence-corrected chi connectivity index (χ0v) is 24.5. The predicted molar refractivity (Wildman–Crippen MR) is 153 cm³/mol. The molecule has 11 nitrogen and oxygen atoms in total. The fourth-order valence-corrected chi connectivity index (χ4v) is 5.72. The molecule has 5 N–H and O–H groups in total. The lowest BCUT2D eigenvalue weighted by Gasteiger charge is -2.40. The van der Waals surface area contributed by atoms with Crippen molar-refractivity contribution in [2.24, 2.45) is 11.1 Å². The van der Waals surface area contributed by atoms with E-state index in [4.69, 9.17) is 5.73 Å². The molecule has 0 aromatic heterocycles. The molecule has 1 aliphatic heterocycles. The van der Waals surface area contributed by atoms with Crippen LogP contribution in [0.5, 0.6) is 0 Å². The molecular weight excluding hydrogens is 526 g/mol. The number of carbonyl (C=O) groups is 6. The Labute approximate surface area is 241 Å². The Balaban J connectivity index is 1.74. The molecule has 1 aromatic rings. The summed E-state index contributed by atoms with van der Waals surface area (Å²) >= 11 is 0. The van der Waals surface area contributed by atoms with Crippen molar-refractivity contribution in [2.45, 2.75) is 103 Å². The van der Waals surface area contributed by atoms with Crippen LogP contribution in [0.25, 0.3) is 0 Å². The van der Waals surface area contributed by atoms with Crippen LogP contribution in [-0.4, -0.2) is 70.4 Å². The quantitative estimate of drug-likeness (QED) is 0.249. The van der Waals surface area contributed by atoms with Crippen LogP contribution < -0.4 is 21.7 Å². The Hall–Kier alpha value is -3.76. The van der Waals surface area contributed by atoms with E-state index in [0.717, 1.165) is 19.3 Å². The molecule has 3 unspecified atom stereocenters. The van der Waals surface area contributed by atoms with Crippen LogP contribution in [0.3, 0.4) is 0 Å². The van der Waals surface area contributed by atoms with Gasteiger partial charge in [-0.15, -0.1) is 0 Å². The molecule has 1 aliphatic carbocycles. The molecular formula is C30H43N5O6. The van der Waals surface area contributed by atoms with E-state index in [2.05, 4.69) is 16.0 Å². The van der Waals surface area contributed by atoms with E-state index in [1.54, 1.807) is 12.1 Å². The van der Waals surface area contributed by atoms with E-state index in [1.165, 1.54) is 11.8 Å². The number of urea groups is 1. The summed E-state index contributed by atoms with van der Waals surface area (Å²) in [6.45, 7) is 7.14. The van der Waals surface area contributed by atoms with Crippen molar-refractivity contribution >= 4 is 35.3 Å². The lowest BCUT2D eigenvalue weighted by atomic mass is 9.77. The third-order valence-electron chi connectivity index (χ3n) is 8.01. The van der Waals surface area contributed by atoms with Crippen LogP contribution in [0.1, 0.15) is 89.4 Å². The summed E-state index contributed by atoms with van der Waals surface area (Å²) in [7, 11) is 0. The van der Waals surface area contributed by atoms with Gasteiger partial charge in [-0.3, -0.25) is 24.0 Å². The highest BCUT2D eigenvalue weighted by Crippen LogP contribution is 2.33. The summed E-state index contributed by atoms with van der Waals surface area (Å²) < 4.78 is 0. The number of ketones is 2. The molecule has 1 aromatic carbocycles. The highest BCUT2D eigenvalue weighted by molar-refractivity contribution is 6.37. The van der Waals surface area contributed by atoms with Crippen molar-refractivity contribution in [1.82, 2.24) is 20.9 Å². The number of nitrogens with zero attached hydrogens (tertiary/aromatic N) is 1. The molecule has 1 heterocycles. The van der Waals surface area contributed by atoms with Gasteiger partial charge >= 0.3 is 6.03 Å². The topological polar surface area (TPSA) is 168 Å². The molecule has 2 fully saturated rings. The van der Waals surface area contributed by atoms with Gasteiger partial charge in [0, 0.05) is 24.1 Å². The third-order valence-corrected chi connectivity index (χ3v) is 8.01. The number of nitrogens with one attached hydrogen (secondary N) is 3. The molecule has 1 saturated heterocycles. The normalized spacial score (nSPS) is 19.9. The monoisotopic (exact) mass is 569 g/mol. The van der Waals surface area contributed by atoms with Crippen molar-refractivity contribution in [3.8, 4) is 0 Å². The molecule has 11 heteroatoms. The maximum Gasteiger partial charge on any atom is 0.315 e. The standard InChI is InChI=1S/C30H43N5O6/c1-19(23(37)25(31)38)32-26(39)21-14-11-17-35(21)27(40)24(29(2,3)4)33-28(41)34-30(15-9-6-10-16-30)18-22(36)20-12-7-5-8-13-20/h5,7-8,12-13,19,21,24H,6,9-11,14-18H2,1-4H3,(H2,31,38)(H,32,39)(H2,33,34,41). The summed E-state index contributed by atoms with van der Waals surface area (Å²) in [5.74, 6) is -3.11. The molecule has 224 valence electrons. The highest BCUT2D eigenvalue weighted by Gasteiger charge is 2.43. The largest absolute Gasteiger partial charge is 0.363 e. The SMILES string of the molecule is CC(NC(=O)C1CCCN1C(=O)C(NC(=O)NC1(CC(=O)c2ccccc2)CCCCC1)C(C)(C)C)C(=O)C(N)=O. The average Bonchev–Trinajstić information content (AvgIpc) is 3.41. The molecule has 0 bridgehead atoms. The molecule has 0 spiro atoms. The molecule has 3 atom stereocenters. The average molecular weight is 570 g/mol. The number of benzene rings is 1. The first-order valence-electron chi connectivity index (χ1n) is 14.4. The summed E-state index contributed by atoms with van der Waals surface area (Å²) in [4.78, 5) is 77.8. The van der Waals surface area contributed by atoms with Crippen molar-refractivity contribution in [3.63, 3.8) is 0 Å². The van der Waals surface area contributed by atoms with Crippen LogP contribution in [0.2, 0.25) is 0 Å². The minimum Gasteiger partial charge on any atom is -0.363 e. The van der Waals surface area contributed by atoms with Crippen molar-refractivity contribution < 1.29 is 28.8 Å². The Morgan fingerprint density at radius 1 is 0.976 bits per heavy atom. The van der Waals surface area contributed by atoms with E-state index < -0.39 is 58.6 Å². The number of carbonyl (C=O) groups excluding carboxylic acids is 6. The zero-order chi connectivity index (χ0) is 30.4. The lowest BCUT2D eigenvalue weighted by Crippen LogP contribution is -2.62. The highest BCUT2D eigenvalue weighted by atomic mass is 16.2. The van der Waals surface area contributed by atoms with E-state index in [9.17, 15) is 28.8 Å². The first-order chi connectivity index (χ1) is 19.2. The van der Waals surface area contributed by atoms with Crippen LogP contribution >= 0.6 is 0 Å². The smallest absolute Gasteiger partial charge is 0.315 e. The first-order valence-corrected chi connectivity index (χ1v) is 14.4. The number of Topliss-reactive ketones (excluding diaryl/α,β-unsaturated/α-hetero) is 2. The van der Waals surface area contributed by atoms with Gasteiger partial charge in [-0.2, -0.15) is 0 Å². The molecule has 41 heavy (non-hydrogen) atoms. The molecule has 3 rings (SSSR count). The van der Waals surface area contributed by atoms with Crippen LogP contribution in [-0.2, 0) is 19.2 Å². The predicted octanol–water partition coefficient (Wildman–Crippen LogP) is 2.23. The number of amides is 5. The Kier molecular flexibility index (Phi) is 10.3. The zero-order valence-electron chi connectivity index (χ0n) is 24.5. The lowest BCUT2D eigenvalue weighted by molar-refractivity contribution is -0.143. The maximum absolute atomic E-state index is 13.8. The minimum absolute atomic E-state index is 0.0498. The van der Waals surface area contributed by atoms with E-state index >= 15 is 0 Å².